The van der Waals surface area contributed by atoms with Gasteiger partial charge in [-0.15, -0.1) is 5.10 Å². The van der Waals surface area contributed by atoms with Crippen molar-refractivity contribution in [3.63, 3.8) is 0 Å². The third-order valence-electron chi connectivity index (χ3n) is 1.09. The molecular weight excluding hydrogens is 180 g/mol. The van der Waals surface area contributed by atoms with Gasteiger partial charge in [0.1, 0.15) is 0 Å². The standard InChI is InChI=1S/C5H10N4S2/c1-3-4-9-5(11-10-2)6-7-8-9/h3-4H2,1-2H3. The summed E-state index contributed by atoms with van der Waals surface area (Å²) in [6.07, 6.45) is 3.07. The summed E-state index contributed by atoms with van der Waals surface area (Å²) >= 11 is 0. The average molecular weight is 190 g/mol. The van der Waals surface area contributed by atoms with Gasteiger partial charge in [0.05, 0.1) is 0 Å². The van der Waals surface area contributed by atoms with Crippen molar-refractivity contribution < 1.29 is 0 Å². The topological polar surface area (TPSA) is 43.6 Å². The molecule has 0 atom stereocenters. The number of aromatic nitrogens is 4. The van der Waals surface area contributed by atoms with E-state index in [4.69, 9.17) is 0 Å². The average Bonchev–Trinajstić information content (AvgIpc) is 2.39. The van der Waals surface area contributed by atoms with Gasteiger partial charge in [0.25, 0.3) is 0 Å². The summed E-state index contributed by atoms with van der Waals surface area (Å²) in [7, 11) is 3.24. The SMILES string of the molecule is CCCn1nnnc1SSC. The van der Waals surface area contributed by atoms with E-state index in [-0.39, 0.29) is 0 Å². The maximum Gasteiger partial charge on any atom is 0.219 e. The van der Waals surface area contributed by atoms with Gasteiger partial charge in [0.2, 0.25) is 5.16 Å². The highest BCUT2D eigenvalue weighted by molar-refractivity contribution is 8.76. The molecule has 0 amide bonds. The van der Waals surface area contributed by atoms with Gasteiger partial charge in [-0.2, -0.15) is 0 Å². The highest BCUT2D eigenvalue weighted by Gasteiger charge is 2.03. The molecule has 0 N–H and O–H groups in total. The summed E-state index contributed by atoms with van der Waals surface area (Å²) in [5.74, 6) is 0. The van der Waals surface area contributed by atoms with E-state index in [0.717, 1.165) is 18.1 Å². The fraction of sp³-hybridized carbons (Fsp3) is 0.800. The first kappa shape index (κ1) is 8.86. The molecule has 0 fully saturated rings. The van der Waals surface area contributed by atoms with Crippen LogP contribution < -0.4 is 0 Å². The number of aryl methyl sites for hydroxylation is 1. The number of tetrazole rings is 1. The Bertz CT molecular complexity index is 192. The Balaban J connectivity index is 2.62. The molecule has 1 heterocycles. The lowest BCUT2D eigenvalue weighted by Crippen LogP contribution is -2.00. The minimum atomic E-state index is 0.888. The summed E-state index contributed by atoms with van der Waals surface area (Å²) in [5, 5.41) is 12.2. The fourth-order valence-electron chi connectivity index (χ4n) is 0.683. The maximum atomic E-state index is 3.87. The van der Waals surface area contributed by atoms with Crippen LogP contribution in [0.1, 0.15) is 13.3 Å². The van der Waals surface area contributed by atoms with Crippen molar-refractivity contribution in [3.8, 4) is 0 Å². The van der Waals surface area contributed by atoms with Crippen molar-refractivity contribution in [1.29, 1.82) is 0 Å². The van der Waals surface area contributed by atoms with Crippen molar-refractivity contribution in [3.05, 3.63) is 0 Å². The molecule has 0 bridgehead atoms. The van der Waals surface area contributed by atoms with Crippen LogP contribution >= 0.6 is 21.6 Å². The second-order valence-corrected chi connectivity index (χ2v) is 4.30. The second kappa shape index (κ2) is 4.61. The predicted molar refractivity (Wildman–Crippen MR) is 47.5 cm³/mol. The third kappa shape index (κ3) is 2.37. The monoisotopic (exact) mass is 190 g/mol. The first-order valence-electron chi connectivity index (χ1n) is 3.35. The molecule has 1 aromatic heterocycles. The Morgan fingerprint density at radius 3 is 3.00 bits per heavy atom. The minimum Gasteiger partial charge on any atom is -0.220 e. The van der Waals surface area contributed by atoms with Crippen LogP contribution in [0.2, 0.25) is 0 Å². The molecule has 0 unspecified atom stereocenters. The van der Waals surface area contributed by atoms with Crippen molar-refractivity contribution >= 4 is 21.6 Å². The van der Waals surface area contributed by atoms with Gasteiger partial charge in [0, 0.05) is 6.54 Å². The molecule has 0 saturated carbocycles. The minimum absolute atomic E-state index is 0.888. The van der Waals surface area contributed by atoms with Gasteiger partial charge in [-0.05, 0) is 33.9 Å². The molecule has 0 saturated heterocycles. The van der Waals surface area contributed by atoms with Crippen LogP contribution in [0.3, 0.4) is 0 Å². The van der Waals surface area contributed by atoms with Gasteiger partial charge < -0.3 is 0 Å². The predicted octanol–water partition coefficient (Wildman–Crippen LogP) is 1.45. The Labute approximate surface area is 73.5 Å². The molecular formula is C5H10N4S2. The molecule has 0 aliphatic heterocycles. The molecule has 1 aromatic rings. The second-order valence-electron chi connectivity index (χ2n) is 1.93. The van der Waals surface area contributed by atoms with Crippen molar-refractivity contribution in [2.45, 2.75) is 25.0 Å². The largest absolute Gasteiger partial charge is 0.220 e. The van der Waals surface area contributed by atoms with Crippen molar-refractivity contribution in [2.75, 3.05) is 6.26 Å². The van der Waals surface area contributed by atoms with Crippen LogP contribution in [0.4, 0.5) is 0 Å². The van der Waals surface area contributed by atoms with Crippen LogP contribution in [-0.4, -0.2) is 26.5 Å². The summed E-state index contributed by atoms with van der Waals surface area (Å²) in [6, 6.07) is 0. The van der Waals surface area contributed by atoms with Gasteiger partial charge in [-0.25, -0.2) is 4.68 Å². The number of hydrogen-bond acceptors (Lipinski definition) is 5. The summed E-state index contributed by atoms with van der Waals surface area (Å²) < 4.78 is 1.82. The summed E-state index contributed by atoms with van der Waals surface area (Å²) in [4.78, 5) is 0. The van der Waals surface area contributed by atoms with Gasteiger partial charge in [-0.3, -0.25) is 0 Å². The zero-order chi connectivity index (χ0) is 8.10. The van der Waals surface area contributed by atoms with E-state index >= 15 is 0 Å². The van der Waals surface area contributed by atoms with Crippen LogP contribution in [0.25, 0.3) is 0 Å². The van der Waals surface area contributed by atoms with Gasteiger partial charge in [0.15, 0.2) is 0 Å². The number of rotatable bonds is 4. The zero-order valence-corrected chi connectivity index (χ0v) is 8.15. The zero-order valence-electron chi connectivity index (χ0n) is 6.52. The van der Waals surface area contributed by atoms with Gasteiger partial charge in [-0.1, -0.05) is 17.7 Å². The van der Waals surface area contributed by atoms with Gasteiger partial charge >= 0.3 is 0 Å². The lowest BCUT2D eigenvalue weighted by molar-refractivity contribution is 0.540. The van der Waals surface area contributed by atoms with E-state index in [1.165, 1.54) is 0 Å². The van der Waals surface area contributed by atoms with E-state index in [0.29, 0.717) is 0 Å². The summed E-state index contributed by atoms with van der Waals surface area (Å²) in [5.41, 5.74) is 0. The van der Waals surface area contributed by atoms with Crippen molar-refractivity contribution in [2.24, 2.45) is 0 Å². The lowest BCUT2D eigenvalue weighted by atomic mass is 10.5. The fourth-order valence-corrected chi connectivity index (χ4v) is 1.92. The van der Waals surface area contributed by atoms with Crippen LogP contribution in [0.15, 0.2) is 5.16 Å². The lowest BCUT2D eigenvalue weighted by Gasteiger charge is -1.97. The number of nitrogens with zero attached hydrogens (tertiary/aromatic N) is 4. The van der Waals surface area contributed by atoms with Crippen LogP contribution in [0.5, 0.6) is 0 Å². The Hall–Kier alpha value is -0.230. The quantitative estimate of drug-likeness (QED) is 0.672. The molecule has 0 aliphatic carbocycles. The molecule has 0 spiro atoms. The Morgan fingerprint density at radius 1 is 1.55 bits per heavy atom. The van der Waals surface area contributed by atoms with E-state index < -0.39 is 0 Å². The Morgan fingerprint density at radius 2 is 2.36 bits per heavy atom. The van der Waals surface area contributed by atoms with Crippen LogP contribution in [0, 0.1) is 0 Å². The molecule has 0 aliphatic rings. The first-order valence-corrected chi connectivity index (χ1v) is 5.91. The highest BCUT2D eigenvalue weighted by atomic mass is 33.1. The molecule has 4 nitrogen and oxygen atoms in total. The molecule has 1 rings (SSSR count). The molecule has 0 aromatic carbocycles. The molecule has 62 valence electrons. The maximum absolute atomic E-state index is 3.87. The van der Waals surface area contributed by atoms with E-state index in [1.54, 1.807) is 21.6 Å². The van der Waals surface area contributed by atoms with E-state index in [9.17, 15) is 0 Å². The summed E-state index contributed by atoms with van der Waals surface area (Å²) in [6.45, 7) is 3.01. The molecule has 6 heteroatoms. The van der Waals surface area contributed by atoms with E-state index in [1.807, 2.05) is 10.9 Å². The molecule has 0 radical (unpaired) electrons. The van der Waals surface area contributed by atoms with E-state index in [2.05, 4.69) is 22.4 Å². The smallest absolute Gasteiger partial charge is 0.219 e. The first-order chi connectivity index (χ1) is 5.38. The third-order valence-corrected chi connectivity index (χ3v) is 2.65. The normalized spacial score (nSPS) is 10.4. The van der Waals surface area contributed by atoms with Crippen molar-refractivity contribution in [1.82, 2.24) is 20.2 Å². The number of hydrogen-bond donors (Lipinski definition) is 0. The highest BCUT2D eigenvalue weighted by Crippen LogP contribution is 2.25. The van der Waals surface area contributed by atoms with Crippen LogP contribution in [-0.2, 0) is 6.54 Å². The molecule has 11 heavy (non-hydrogen) atoms. The Kier molecular flexibility index (Phi) is 3.71.